The van der Waals surface area contributed by atoms with Crippen LogP contribution in [-0.4, -0.2) is 21.2 Å². The standard InChI is InChI=1S/C48H47ClN2OS/c1-32(2)38-21-12-22-42(48(38)51(3,4)31-33-14-7-6-8-15-33)43-30-44(41(25-24-37-18-13-27-53-37)39-19-9-10-20-40(39)43)47(34-16-11-17-36(50)28-34)45-29-35(49)23-26-46(45)52-5/h6-23,26-29,32,47H,24-25,31,50H2,1-5H3/q+1. The highest BCUT2D eigenvalue weighted by molar-refractivity contribution is 7.09. The number of nitrogens with zero attached hydrogens (tertiary/aromatic N) is 1. The molecule has 1 unspecified atom stereocenters. The largest absolute Gasteiger partial charge is 0.496 e. The molecular formula is C48H47ClN2OS+. The van der Waals surface area contributed by atoms with Crippen LogP contribution >= 0.6 is 22.9 Å². The topological polar surface area (TPSA) is 35.2 Å². The summed E-state index contributed by atoms with van der Waals surface area (Å²) in [4.78, 5) is 1.36. The Kier molecular flexibility index (Phi) is 10.8. The first-order valence-electron chi connectivity index (χ1n) is 18.3. The van der Waals surface area contributed by atoms with Gasteiger partial charge in [0.15, 0.2) is 0 Å². The van der Waals surface area contributed by atoms with Crippen molar-refractivity contribution in [3.63, 3.8) is 0 Å². The minimum absolute atomic E-state index is 0.252. The van der Waals surface area contributed by atoms with Crippen LogP contribution < -0.4 is 15.0 Å². The molecule has 0 bridgehead atoms. The summed E-state index contributed by atoms with van der Waals surface area (Å²) in [5.41, 5.74) is 17.9. The zero-order chi connectivity index (χ0) is 37.1. The maximum absolute atomic E-state index is 6.81. The van der Waals surface area contributed by atoms with Crippen LogP contribution in [0, 0.1) is 6.07 Å². The number of rotatable bonds is 12. The summed E-state index contributed by atoms with van der Waals surface area (Å²) in [6, 6.07) is 49.2. The van der Waals surface area contributed by atoms with Gasteiger partial charge in [0, 0.05) is 49.3 Å². The average Bonchev–Trinajstić information content (AvgIpc) is 3.68. The zero-order valence-electron chi connectivity index (χ0n) is 31.2. The lowest BCUT2D eigenvalue weighted by Crippen LogP contribution is -2.41. The van der Waals surface area contributed by atoms with Crippen LogP contribution in [0.15, 0.2) is 133 Å². The van der Waals surface area contributed by atoms with Gasteiger partial charge in [-0.25, -0.2) is 0 Å². The number of hydrogen-bond acceptors (Lipinski definition) is 3. The second-order valence-corrected chi connectivity index (χ2v) is 16.2. The van der Waals surface area contributed by atoms with Crippen LogP contribution in [0.4, 0.5) is 11.4 Å². The number of methoxy groups -OCH3 is 1. The monoisotopic (exact) mass is 734 g/mol. The fourth-order valence-electron chi connectivity index (χ4n) is 8.01. The second kappa shape index (κ2) is 15.6. The molecule has 267 valence electrons. The molecule has 0 aliphatic carbocycles. The Morgan fingerprint density at radius 3 is 2.25 bits per heavy atom. The van der Waals surface area contributed by atoms with E-state index in [4.69, 9.17) is 22.1 Å². The molecule has 0 aliphatic rings. The van der Waals surface area contributed by atoms with Crippen LogP contribution in [-0.2, 0) is 19.4 Å². The molecule has 0 aliphatic heterocycles. The van der Waals surface area contributed by atoms with Crippen LogP contribution in [0.3, 0.4) is 0 Å². The number of nitrogen functional groups attached to an aromatic ring is 1. The van der Waals surface area contributed by atoms with Gasteiger partial charge in [-0.3, -0.25) is 4.48 Å². The molecule has 5 heteroatoms. The highest BCUT2D eigenvalue weighted by atomic mass is 35.5. The van der Waals surface area contributed by atoms with E-state index in [0.717, 1.165) is 47.4 Å². The van der Waals surface area contributed by atoms with Gasteiger partial charge in [0.2, 0.25) is 0 Å². The van der Waals surface area contributed by atoms with Crippen molar-refractivity contribution in [3.05, 3.63) is 182 Å². The molecule has 7 rings (SSSR count). The maximum atomic E-state index is 6.81. The molecule has 0 amide bonds. The summed E-state index contributed by atoms with van der Waals surface area (Å²) in [6.07, 6.45) is 1.77. The quantitative estimate of drug-likeness (QED) is 0.0770. The number of thiophene rings is 1. The molecule has 7 aromatic rings. The third-order valence-electron chi connectivity index (χ3n) is 10.3. The molecule has 0 fully saturated rings. The van der Waals surface area contributed by atoms with Crippen molar-refractivity contribution in [2.45, 2.75) is 45.1 Å². The fraction of sp³-hybridized carbons (Fsp3) is 0.208. The number of hydrogen-bond donors (Lipinski definition) is 1. The number of anilines is 1. The van der Waals surface area contributed by atoms with Crippen LogP contribution in [0.25, 0.3) is 21.9 Å². The number of quaternary nitrogens is 1. The van der Waals surface area contributed by atoms with Crippen molar-refractivity contribution >= 4 is 45.1 Å². The van der Waals surface area contributed by atoms with Crippen molar-refractivity contribution < 1.29 is 4.74 Å². The summed E-state index contributed by atoms with van der Waals surface area (Å²) < 4.78 is 6.76. The maximum Gasteiger partial charge on any atom is 0.144 e. The van der Waals surface area contributed by atoms with Gasteiger partial charge in [0.25, 0.3) is 0 Å². The first kappa shape index (κ1) is 36.5. The van der Waals surface area contributed by atoms with Crippen LogP contribution in [0.1, 0.15) is 63.9 Å². The predicted molar refractivity (Wildman–Crippen MR) is 228 cm³/mol. The Morgan fingerprint density at radius 1 is 0.774 bits per heavy atom. The lowest BCUT2D eigenvalue weighted by molar-refractivity contribution is 0.389. The van der Waals surface area contributed by atoms with Crippen molar-refractivity contribution in [1.29, 1.82) is 0 Å². The lowest BCUT2D eigenvalue weighted by Gasteiger charge is -2.35. The summed E-state index contributed by atoms with van der Waals surface area (Å²) in [7, 11) is 6.40. The normalized spacial score (nSPS) is 12.4. The number of halogens is 1. The van der Waals surface area contributed by atoms with E-state index in [-0.39, 0.29) is 5.92 Å². The summed E-state index contributed by atoms with van der Waals surface area (Å²) in [5.74, 6) is 0.847. The van der Waals surface area contributed by atoms with E-state index in [2.05, 4.69) is 136 Å². The number of para-hydroxylation sites is 1. The predicted octanol–water partition coefficient (Wildman–Crippen LogP) is 12.5. The molecule has 2 N–H and O–H groups in total. The van der Waals surface area contributed by atoms with Gasteiger partial charge in [-0.2, -0.15) is 0 Å². The van der Waals surface area contributed by atoms with Gasteiger partial charge in [-0.05, 0) is 100 Å². The summed E-state index contributed by atoms with van der Waals surface area (Å²) >= 11 is 8.62. The first-order chi connectivity index (χ1) is 25.6. The highest BCUT2D eigenvalue weighted by Crippen LogP contribution is 2.48. The molecular weight excluding hydrogens is 688 g/mol. The van der Waals surface area contributed by atoms with E-state index < -0.39 is 0 Å². The minimum atomic E-state index is -0.252. The van der Waals surface area contributed by atoms with Crippen molar-refractivity contribution in [3.8, 4) is 16.9 Å². The molecule has 53 heavy (non-hydrogen) atoms. The highest BCUT2D eigenvalue weighted by Gasteiger charge is 2.32. The summed E-state index contributed by atoms with van der Waals surface area (Å²) in [5, 5.41) is 5.25. The third-order valence-corrected chi connectivity index (χ3v) is 11.5. The molecule has 3 nitrogen and oxygen atoms in total. The van der Waals surface area contributed by atoms with E-state index in [9.17, 15) is 0 Å². The number of aryl methyl sites for hydroxylation is 2. The van der Waals surface area contributed by atoms with Gasteiger partial charge >= 0.3 is 0 Å². The van der Waals surface area contributed by atoms with E-state index in [1.807, 2.05) is 41.7 Å². The fourth-order valence-corrected chi connectivity index (χ4v) is 8.90. The molecule has 1 radical (unpaired) electrons. The van der Waals surface area contributed by atoms with Gasteiger partial charge in [-0.1, -0.05) is 110 Å². The van der Waals surface area contributed by atoms with Crippen molar-refractivity contribution in [2.24, 2.45) is 0 Å². The lowest BCUT2D eigenvalue weighted by atomic mass is 9.77. The Hall–Kier alpha value is -4.87. The molecule has 1 atom stereocenters. The smallest absolute Gasteiger partial charge is 0.144 e. The molecule has 6 aromatic carbocycles. The van der Waals surface area contributed by atoms with Gasteiger partial charge in [0.1, 0.15) is 18.0 Å². The van der Waals surface area contributed by atoms with Crippen molar-refractivity contribution in [1.82, 2.24) is 4.48 Å². The summed E-state index contributed by atoms with van der Waals surface area (Å²) in [6.45, 7) is 5.45. The van der Waals surface area contributed by atoms with Gasteiger partial charge < -0.3 is 10.5 Å². The average molecular weight is 735 g/mol. The van der Waals surface area contributed by atoms with Gasteiger partial charge in [0.05, 0.1) is 21.2 Å². The SMILES string of the molecule is COc1ccc(Cl)cc1C(c1cccc(N)c1)c1[c]c(-c2cccc(C(C)C)c2[N+](C)(C)Cc2ccccc2)c2ccccc2c1CCc1cccs1. The molecule has 0 saturated carbocycles. The Bertz CT molecular complexity index is 2350. The number of ether oxygens (including phenoxy) is 1. The van der Waals surface area contributed by atoms with E-state index in [1.165, 1.54) is 43.6 Å². The van der Waals surface area contributed by atoms with E-state index in [0.29, 0.717) is 21.1 Å². The number of benzene rings is 6. The number of nitrogens with two attached hydrogens (primary N) is 1. The first-order valence-corrected chi connectivity index (χ1v) is 19.6. The molecule has 1 heterocycles. The number of fused-ring (bicyclic) bond motifs is 1. The van der Waals surface area contributed by atoms with Gasteiger partial charge in [-0.15, -0.1) is 11.3 Å². The Labute approximate surface area is 323 Å². The van der Waals surface area contributed by atoms with Crippen molar-refractivity contribution in [2.75, 3.05) is 26.9 Å². The molecule has 0 saturated heterocycles. The second-order valence-electron chi connectivity index (χ2n) is 14.7. The Balaban J connectivity index is 1.57. The van der Waals surface area contributed by atoms with E-state index >= 15 is 0 Å². The molecule has 1 aromatic heterocycles. The van der Waals surface area contributed by atoms with E-state index in [1.54, 1.807) is 7.11 Å². The Morgan fingerprint density at radius 2 is 1.53 bits per heavy atom. The zero-order valence-corrected chi connectivity index (χ0v) is 32.8. The third kappa shape index (κ3) is 7.63. The minimum Gasteiger partial charge on any atom is -0.496 e. The van der Waals surface area contributed by atoms with Crippen LogP contribution in [0.5, 0.6) is 5.75 Å². The van der Waals surface area contributed by atoms with Crippen LogP contribution in [0.2, 0.25) is 5.02 Å². The molecule has 0 spiro atoms.